The van der Waals surface area contributed by atoms with Crippen molar-refractivity contribution in [2.24, 2.45) is 0 Å². The van der Waals surface area contributed by atoms with Crippen molar-refractivity contribution in [2.45, 2.75) is 70.6 Å². The van der Waals surface area contributed by atoms with Crippen LogP contribution < -0.4 is 5.32 Å². The summed E-state index contributed by atoms with van der Waals surface area (Å²) in [7, 11) is 0. The second-order valence-electron chi connectivity index (χ2n) is 6.65. The van der Waals surface area contributed by atoms with E-state index < -0.39 is 5.60 Å². The quantitative estimate of drug-likeness (QED) is 0.825. The predicted octanol–water partition coefficient (Wildman–Crippen LogP) is 3.07. The van der Waals surface area contributed by atoms with Gasteiger partial charge in [0.2, 0.25) is 0 Å². The lowest BCUT2D eigenvalue weighted by atomic mass is 9.99. The monoisotopic (exact) mass is 261 g/mol. The molecule has 1 aliphatic rings. The molecule has 2 heteroatoms. The molecule has 0 bridgehead atoms. The number of aliphatic hydroxyl groups is 1. The molecule has 0 aromatic heterocycles. The smallest absolute Gasteiger partial charge is 0.0591 e. The van der Waals surface area contributed by atoms with E-state index in [2.05, 4.69) is 36.5 Å². The van der Waals surface area contributed by atoms with Crippen molar-refractivity contribution in [3.63, 3.8) is 0 Å². The first kappa shape index (κ1) is 14.5. The Morgan fingerprint density at radius 2 is 1.84 bits per heavy atom. The van der Waals surface area contributed by atoms with Crippen LogP contribution >= 0.6 is 0 Å². The maximum Gasteiger partial charge on any atom is 0.0591 e. The van der Waals surface area contributed by atoms with Crippen LogP contribution in [0.15, 0.2) is 24.3 Å². The van der Waals surface area contributed by atoms with Gasteiger partial charge in [-0.3, -0.25) is 0 Å². The summed E-state index contributed by atoms with van der Waals surface area (Å²) in [5.41, 5.74) is 2.48. The summed E-state index contributed by atoms with van der Waals surface area (Å²) < 4.78 is 0. The van der Waals surface area contributed by atoms with Gasteiger partial charge in [0.05, 0.1) is 5.60 Å². The third-order valence-electron chi connectivity index (χ3n) is 4.00. The van der Waals surface area contributed by atoms with E-state index in [1.807, 2.05) is 13.8 Å². The van der Waals surface area contributed by atoms with Crippen LogP contribution in [0.3, 0.4) is 0 Å². The van der Waals surface area contributed by atoms with Crippen LogP contribution in [0.25, 0.3) is 0 Å². The molecule has 2 nitrogen and oxygen atoms in total. The Balaban J connectivity index is 1.72. The fraction of sp³-hybridized carbons (Fsp3) is 0.647. The molecule has 1 aliphatic carbocycles. The van der Waals surface area contributed by atoms with E-state index in [4.69, 9.17) is 0 Å². The van der Waals surface area contributed by atoms with Crippen LogP contribution in [0.5, 0.6) is 0 Å². The van der Waals surface area contributed by atoms with E-state index in [9.17, 15) is 5.11 Å². The molecule has 2 rings (SSSR count). The average Bonchev–Trinajstić information content (AvgIpc) is 2.68. The van der Waals surface area contributed by atoms with Gasteiger partial charge in [-0.25, -0.2) is 0 Å². The maximum absolute atomic E-state index is 9.71. The van der Waals surface area contributed by atoms with E-state index in [1.165, 1.54) is 11.1 Å². The van der Waals surface area contributed by atoms with Gasteiger partial charge in [0.25, 0.3) is 0 Å². The summed E-state index contributed by atoms with van der Waals surface area (Å²) in [6.45, 7) is 6.03. The molecule has 0 aliphatic heterocycles. The molecule has 0 heterocycles. The van der Waals surface area contributed by atoms with Gasteiger partial charge >= 0.3 is 0 Å². The van der Waals surface area contributed by atoms with Crippen LogP contribution in [0.4, 0.5) is 0 Å². The Bertz CT molecular complexity index is 383. The largest absolute Gasteiger partial charge is 0.390 e. The normalized spacial score (nSPS) is 17.5. The van der Waals surface area contributed by atoms with E-state index in [0.29, 0.717) is 12.1 Å². The fourth-order valence-corrected chi connectivity index (χ4v) is 3.00. The number of nitrogens with one attached hydrogen (secondary N) is 1. The van der Waals surface area contributed by atoms with Gasteiger partial charge in [0, 0.05) is 12.1 Å². The highest BCUT2D eigenvalue weighted by molar-refractivity contribution is 5.33. The van der Waals surface area contributed by atoms with Crippen LogP contribution in [0, 0.1) is 0 Å². The van der Waals surface area contributed by atoms with Gasteiger partial charge in [-0.15, -0.1) is 0 Å². The minimum atomic E-state index is -0.524. The average molecular weight is 261 g/mol. The number of hydrogen-bond donors (Lipinski definition) is 2. The van der Waals surface area contributed by atoms with Crippen molar-refractivity contribution in [3.8, 4) is 0 Å². The molecule has 0 saturated carbocycles. The topological polar surface area (TPSA) is 32.3 Å². The summed E-state index contributed by atoms with van der Waals surface area (Å²) in [5.74, 6) is 0. The number of hydrogen-bond acceptors (Lipinski definition) is 2. The Labute approximate surface area is 117 Å². The van der Waals surface area contributed by atoms with Crippen molar-refractivity contribution < 1.29 is 5.11 Å². The van der Waals surface area contributed by atoms with Gasteiger partial charge in [0.1, 0.15) is 0 Å². The second-order valence-corrected chi connectivity index (χ2v) is 6.65. The zero-order valence-electron chi connectivity index (χ0n) is 12.4. The first-order valence-corrected chi connectivity index (χ1v) is 7.49. The number of fused-ring (bicyclic) bond motifs is 1. The van der Waals surface area contributed by atoms with Crippen molar-refractivity contribution >= 4 is 0 Å². The summed E-state index contributed by atoms with van der Waals surface area (Å²) >= 11 is 0. The molecule has 1 atom stereocenters. The summed E-state index contributed by atoms with van der Waals surface area (Å²) in [6, 6.07) is 9.88. The lowest BCUT2D eigenvalue weighted by Gasteiger charge is -2.21. The number of rotatable bonds is 6. The molecular formula is C17H27NO. The molecule has 19 heavy (non-hydrogen) atoms. The minimum Gasteiger partial charge on any atom is -0.390 e. The molecule has 0 amide bonds. The van der Waals surface area contributed by atoms with Crippen LogP contribution in [-0.4, -0.2) is 22.8 Å². The van der Waals surface area contributed by atoms with E-state index in [1.54, 1.807) is 0 Å². The van der Waals surface area contributed by atoms with Crippen molar-refractivity contribution in [2.75, 3.05) is 0 Å². The number of benzene rings is 1. The lowest BCUT2D eigenvalue weighted by molar-refractivity contribution is 0.0674. The summed E-state index contributed by atoms with van der Waals surface area (Å²) in [4.78, 5) is 0. The molecule has 1 aromatic carbocycles. The molecule has 106 valence electrons. The molecule has 1 unspecified atom stereocenters. The highest BCUT2D eigenvalue weighted by atomic mass is 16.3. The fourth-order valence-electron chi connectivity index (χ4n) is 3.00. The Kier molecular flexibility index (Phi) is 4.64. The van der Waals surface area contributed by atoms with Crippen molar-refractivity contribution in [3.05, 3.63) is 35.4 Å². The Morgan fingerprint density at radius 3 is 2.37 bits per heavy atom. The van der Waals surface area contributed by atoms with Crippen molar-refractivity contribution in [1.29, 1.82) is 0 Å². The highest BCUT2D eigenvalue weighted by Crippen LogP contribution is 2.22. The first-order chi connectivity index (χ1) is 8.94. The lowest BCUT2D eigenvalue weighted by Crippen LogP contribution is -2.37. The predicted molar refractivity (Wildman–Crippen MR) is 80.4 cm³/mol. The maximum atomic E-state index is 9.71. The third-order valence-corrected chi connectivity index (χ3v) is 4.00. The minimum absolute atomic E-state index is 0.524. The molecule has 0 radical (unpaired) electrons. The zero-order chi connectivity index (χ0) is 13.9. The molecule has 2 N–H and O–H groups in total. The van der Waals surface area contributed by atoms with Crippen LogP contribution in [-0.2, 0) is 12.8 Å². The molecule has 1 aromatic rings. The van der Waals surface area contributed by atoms with E-state index in [-0.39, 0.29) is 0 Å². The van der Waals surface area contributed by atoms with Crippen LogP contribution in [0.2, 0.25) is 0 Å². The zero-order valence-corrected chi connectivity index (χ0v) is 12.4. The summed E-state index contributed by atoms with van der Waals surface area (Å²) in [6.07, 6.45) is 5.41. The van der Waals surface area contributed by atoms with Gasteiger partial charge in [0.15, 0.2) is 0 Å². The second kappa shape index (κ2) is 6.06. The van der Waals surface area contributed by atoms with E-state index >= 15 is 0 Å². The SMILES string of the molecule is CC(CCCC(C)(C)O)NC1Cc2ccccc2C1. The van der Waals surface area contributed by atoms with Gasteiger partial charge in [-0.05, 0) is 64.0 Å². The van der Waals surface area contributed by atoms with Gasteiger partial charge in [-0.1, -0.05) is 24.3 Å². The Hall–Kier alpha value is -0.860. The molecule has 0 saturated heterocycles. The third kappa shape index (κ3) is 4.63. The molecule has 0 fully saturated rings. The van der Waals surface area contributed by atoms with Crippen LogP contribution in [0.1, 0.15) is 51.2 Å². The first-order valence-electron chi connectivity index (χ1n) is 7.49. The van der Waals surface area contributed by atoms with E-state index in [0.717, 1.165) is 32.1 Å². The Morgan fingerprint density at radius 1 is 1.26 bits per heavy atom. The molecule has 0 spiro atoms. The standard InChI is InChI=1S/C17H27NO/c1-13(7-6-10-17(2,3)19)18-16-11-14-8-4-5-9-15(14)12-16/h4-5,8-9,13,16,18-19H,6-7,10-12H2,1-3H3. The van der Waals surface area contributed by atoms with Gasteiger partial charge in [-0.2, -0.15) is 0 Å². The molecular weight excluding hydrogens is 234 g/mol. The van der Waals surface area contributed by atoms with Gasteiger partial charge < -0.3 is 10.4 Å². The highest BCUT2D eigenvalue weighted by Gasteiger charge is 2.22. The summed E-state index contributed by atoms with van der Waals surface area (Å²) in [5, 5.41) is 13.4. The van der Waals surface area contributed by atoms with Crippen molar-refractivity contribution in [1.82, 2.24) is 5.32 Å².